The minimum absolute atomic E-state index is 0.148. The van der Waals surface area contributed by atoms with Gasteiger partial charge in [0.15, 0.2) is 5.11 Å². The maximum Gasteiger partial charge on any atom is 0.276 e. The van der Waals surface area contributed by atoms with Crippen LogP contribution in [0.25, 0.3) is 6.08 Å². The summed E-state index contributed by atoms with van der Waals surface area (Å²) in [6.07, 6.45) is 6.96. The average Bonchev–Trinajstić information content (AvgIpc) is 2.64. The van der Waals surface area contributed by atoms with Gasteiger partial charge in [-0.3, -0.25) is 9.69 Å². The van der Waals surface area contributed by atoms with Gasteiger partial charge in [-0.1, -0.05) is 21.9 Å². The number of carbonyl (C=O) groups is 1. The molecule has 0 atom stereocenters. The monoisotopic (exact) mass is 364 g/mol. The molecule has 1 aromatic rings. The molecule has 1 aliphatic rings. The summed E-state index contributed by atoms with van der Waals surface area (Å²) < 4.78 is 6.38. The maximum atomic E-state index is 12.2. The van der Waals surface area contributed by atoms with E-state index in [9.17, 15) is 4.79 Å². The number of thiocarbonyl (C=S) groups is 1. The van der Waals surface area contributed by atoms with Gasteiger partial charge >= 0.3 is 0 Å². The number of ether oxygens (including phenoxy) is 1. The lowest BCUT2D eigenvalue weighted by Gasteiger charge is -2.12. The predicted molar refractivity (Wildman–Crippen MR) is 89.6 cm³/mol. The molecule has 21 heavy (non-hydrogen) atoms. The van der Waals surface area contributed by atoms with E-state index in [1.54, 1.807) is 31.1 Å². The molecule has 0 radical (unpaired) electrons. The zero-order chi connectivity index (χ0) is 15.6. The molecule has 0 N–H and O–H groups in total. The van der Waals surface area contributed by atoms with Crippen LogP contribution < -0.4 is 4.74 Å². The van der Waals surface area contributed by atoms with Crippen LogP contribution in [0.4, 0.5) is 0 Å². The summed E-state index contributed by atoms with van der Waals surface area (Å²) in [7, 11) is 3.41. The fraction of sp³-hybridized carbons (Fsp3) is 0.200. The van der Waals surface area contributed by atoms with E-state index in [1.807, 2.05) is 12.1 Å². The summed E-state index contributed by atoms with van der Waals surface area (Å²) in [6, 6.07) is 5.52. The van der Waals surface area contributed by atoms with E-state index in [4.69, 9.17) is 23.4 Å². The van der Waals surface area contributed by atoms with Crippen molar-refractivity contribution in [1.82, 2.24) is 9.80 Å². The largest absolute Gasteiger partial charge is 0.480 e. The van der Waals surface area contributed by atoms with Crippen molar-refractivity contribution in [2.24, 2.45) is 0 Å². The van der Waals surface area contributed by atoms with Crippen LogP contribution in [0.3, 0.4) is 0 Å². The van der Waals surface area contributed by atoms with E-state index in [-0.39, 0.29) is 12.5 Å². The number of likely N-dealkylation sites (N-methyl/N-ethyl adjacent to an activating group) is 2. The summed E-state index contributed by atoms with van der Waals surface area (Å²) in [5.41, 5.74) is 1.25. The minimum Gasteiger partial charge on any atom is -0.480 e. The molecule has 0 saturated carbocycles. The van der Waals surface area contributed by atoms with Crippen LogP contribution in [0.1, 0.15) is 5.56 Å². The Kier molecular flexibility index (Phi) is 4.66. The second kappa shape index (κ2) is 6.29. The molecule has 1 heterocycles. The Bertz CT molecular complexity index is 679. The topological polar surface area (TPSA) is 32.8 Å². The third kappa shape index (κ3) is 3.09. The van der Waals surface area contributed by atoms with E-state index in [1.165, 1.54) is 4.90 Å². The lowest BCUT2D eigenvalue weighted by molar-refractivity contribution is -0.121. The first kappa shape index (κ1) is 15.5. The SMILES string of the molecule is C#CCOc1ccc(Br)cc1/C=C1/C(=O)N(C)C(=S)N1C. The van der Waals surface area contributed by atoms with E-state index in [2.05, 4.69) is 21.9 Å². The van der Waals surface area contributed by atoms with Crippen molar-refractivity contribution >= 4 is 45.2 Å². The Morgan fingerprint density at radius 2 is 2.14 bits per heavy atom. The quantitative estimate of drug-likeness (QED) is 0.468. The van der Waals surface area contributed by atoms with Crippen molar-refractivity contribution < 1.29 is 9.53 Å². The highest BCUT2D eigenvalue weighted by Crippen LogP contribution is 2.28. The van der Waals surface area contributed by atoms with Gasteiger partial charge in [0.25, 0.3) is 5.91 Å². The van der Waals surface area contributed by atoms with Crippen molar-refractivity contribution in [3.05, 3.63) is 33.9 Å². The smallest absolute Gasteiger partial charge is 0.276 e. The molecule has 0 spiro atoms. The molecule has 0 aromatic heterocycles. The predicted octanol–water partition coefficient (Wildman–Crippen LogP) is 2.49. The lowest BCUT2D eigenvalue weighted by atomic mass is 10.1. The zero-order valence-electron chi connectivity index (χ0n) is 11.6. The Balaban J connectivity index is 2.45. The van der Waals surface area contributed by atoms with E-state index >= 15 is 0 Å². The van der Waals surface area contributed by atoms with Gasteiger partial charge in [0.1, 0.15) is 18.1 Å². The number of rotatable bonds is 3. The van der Waals surface area contributed by atoms with Crippen LogP contribution in [0, 0.1) is 12.3 Å². The standard InChI is InChI=1S/C15H13BrN2O2S/c1-4-7-20-13-6-5-11(16)8-10(13)9-12-14(19)18(3)15(21)17(12)2/h1,5-6,8-9H,7H2,2-3H3/b12-9-. The van der Waals surface area contributed by atoms with Gasteiger partial charge in [0, 0.05) is 24.1 Å². The van der Waals surface area contributed by atoms with Crippen molar-refractivity contribution in [2.75, 3.05) is 20.7 Å². The number of benzene rings is 1. The summed E-state index contributed by atoms with van der Waals surface area (Å²) in [6.45, 7) is 0.167. The second-order valence-corrected chi connectivity index (χ2v) is 5.69. The number of amides is 1. The summed E-state index contributed by atoms with van der Waals surface area (Å²) in [4.78, 5) is 15.3. The molecule has 1 fully saturated rings. The summed E-state index contributed by atoms with van der Waals surface area (Å²) >= 11 is 8.59. The molecule has 1 amide bonds. The highest BCUT2D eigenvalue weighted by Gasteiger charge is 2.32. The number of hydrogen-bond acceptors (Lipinski definition) is 3. The molecule has 0 aliphatic carbocycles. The van der Waals surface area contributed by atoms with Crippen molar-refractivity contribution in [3.63, 3.8) is 0 Å². The lowest BCUT2D eigenvalue weighted by Crippen LogP contribution is -2.26. The summed E-state index contributed by atoms with van der Waals surface area (Å²) in [5.74, 6) is 2.89. The fourth-order valence-electron chi connectivity index (χ4n) is 1.92. The highest BCUT2D eigenvalue weighted by molar-refractivity contribution is 9.10. The van der Waals surface area contributed by atoms with Crippen molar-refractivity contribution in [2.45, 2.75) is 0 Å². The van der Waals surface area contributed by atoms with E-state index in [0.29, 0.717) is 16.6 Å². The minimum atomic E-state index is -0.148. The van der Waals surface area contributed by atoms with Crippen LogP contribution >= 0.6 is 28.1 Å². The number of hydrogen-bond donors (Lipinski definition) is 0. The van der Waals surface area contributed by atoms with Crippen LogP contribution in [-0.2, 0) is 4.79 Å². The fourth-order valence-corrected chi connectivity index (χ4v) is 2.48. The van der Waals surface area contributed by atoms with Crippen LogP contribution in [0.2, 0.25) is 0 Å². The number of carbonyl (C=O) groups excluding carboxylic acids is 1. The third-order valence-electron chi connectivity index (χ3n) is 3.03. The number of halogens is 1. The van der Waals surface area contributed by atoms with E-state index in [0.717, 1.165) is 10.0 Å². The summed E-state index contributed by atoms with van der Waals surface area (Å²) in [5, 5.41) is 0.465. The van der Waals surface area contributed by atoms with Gasteiger partial charge in [0.05, 0.1) is 0 Å². The molecule has 108 valence electrons. The van der Waals surface area contributed by atoms with Gasteiger partial charge in [-0.25, -0.2) is 0 Å². The Morgan fingerprint density at radius 1 is 1.43 bits per heavy atom. The Morgan fingerprint density at radius 3 is 2.71 bits per heavy atom. The van der Waals surface area contributed by atoms with Crippen LogP contribution in [0.5, 0.6) is 5.75 Å². The molecule has 0 unspecified atom stereocenters. The van der Waals surface area contributed by atoms with Crippen molar-refractivity contribution in [1.29, 1.82) is 0 Å². The van der Waals surface area contributed by atoms with Gasteiger partial charge in [-0.05, 0) is 36.5 Å². The molecule has 1 saturated heterocycles. The first-order chi connectivity index (χ1) is 9.95. The normalized spacial score (nSPS) is 16.6. The average molecular weight is 365 g/mol. The Hall–Kier alpha value is -1.84. The van der Waals surface area contributed by atoms with Crippen LogP contribution in [-0.4, -0.2) is 41.5 Å². The van der Waals surface area contributed by atoms with Crippen LogP contribution in [0.15, 0.2) is 28.4 Å². The first-order valence-corrected chi connectivity index (χ1v) is 7.29. The molecule has 1 aliphatic heterocycles. The van der Waals surface area contributed by atoms with Crippen molar-refractivity contribution in [3.8, 4) is 18.1 Å². The first-order valence-electron chi connectivity index (χ1n) is 6.09. The highest BCUT2D eigenvalue weighted by atomic mass is 79.9. The number of terminal acetylenes is 1. The van der Waals surface area contributed by atoms with Gasteiger partial charge in [-0.15, -0.1) is 6.42 Å². The second-order valence-electron chi connectivity index (χ2n) is 4.41. The van der Waals surface area contributed by atoms with E-state index < -0.39 is 0 Å². The maximum absolute atomic E-state index is 12.2. The Labute approximate surface area is 137 Å². The molecule has 4 nitrogen and oxygen atoms in total. The molecule has 0 bridgehead atoms. The molecule has 2 rings (SSSR count). The van der Waals surface area contributed by atoms with Gasteiger partial charge in [-0.2, -0.15) is 0 Å². The third-order valence-corrected chi connectivity index (χ3v) is 4.08. The van der Waals surface area contributed by atoms with Gasteiger partial charge in [0.2, 0.25) is 0 Å². The molecule has 6 heteroatoms. The number of nitrogens with zero attached hydrogens (tertiary/aromatic N) is 2. The molecular weight excluding hydrogens is 352 g/mol. The van der Waals surface area contributed by atoms with Gasteiger partial charge < -0.3 is 9.64 Å². The zero-order valence-corrected chi connectivity index (χ0v) is 14.0. The molecular formula is C15H13BrN2O2S. The molecule has 1 aromatic carbocycles.